The number of carbonyl (C=O) groups excluding carboxylic acids is 1. The van der Waals surface area contributed by atoms with Crippen LogP contribution in [0.1, 0.15) is 49.2 Å². The molecule has 0 spiro atoms. The maximum Gasteiger partial charge on any atom is 0.292 e. The Balaban J connectivity index is 2.03. The van der Waals surface area contributed by atoms with Gasteiger partial charge in [-0.2, -0.15) is 4.98 Å². The molecule has 88 valence electrons. The molecule has 1 heterocycles. The number of nitrogens with two attached hydrogens (primary N) is 1. The lowest BCUT2D eigenvalue weighted by Crippen LogP contribution is -2.26. The topological polar surface area (TPSA) is 94.0 Å². The lowest BCUT2D eigenvalue weighted by molar-refractivity contribution is 0.0937. The van der Waals surface area contributed by atoms with E-state index in [9.17, 15) is 4.79 Å². The first-order valence-corrected chi connectivity index (χ1v) is 5.48. The van der Waals surface area contributed by atoms with E-state index in [-0.39, 0.29) is 29.7 Å². The molecule has 2 rings (SSSR count). The van der Waals surface area contributed by atoms with Gasteiger partial charge in [0, 0.05) is 6.04 Å². The third-order valence-corrected chi connectivity index (χ3v) is 2.56. The third kappa shape index (κ3) is 2.38. The van der Waals surface area contributed by atoms with Gasteiger partial charge in [-0.05, 0) is 18.8 Å². The molecule has 1 aromatic heterocycles. The molecule has 1 aromatic rings. The van der Waals surface area contributed by atoms with Crippen LogP contribution in [0.5, 0.6) is 0 Å². The number of nitrogens with one attached hydrogen (secondary N) is 1. The lowest BCUT2D eigenvalue weighted by atomic mass is 10.1. The van der Waals surface area contributed by atoms with Crippen LogP contribution in [-0.2, 0) is 0 Å². The molecule has 3 N–H and O–H groups in total. The third-order valence-electron chi connectivity index (χ3n) is 2.56. The van der Waals surface area contributed by atoms with Gasteiger partial charge in [0.2, 0.25) is 5.89 Å². The van der Waals surface area contributed by atoms with Crippen LogP contribution in [0.4, 0.5) is 0 Å². The van der Waals surface area contributed by atoms with E-state index in [1.165, 1.54) is 0 Å². The summed E-state index contributed by atoms with van der Waals surface area (Å²) in [6, 6.07) is -0.0387. The van der Waals surface area contributed by atoms with E-state index in [4.69, 9.17) is 10.3 Å². The normalized spacial score (nSPS) is 17.5. The van der Waals surface area contributed by atoms with Crippen molar-refractivity contribution in [2.75, 3.05) is 0 Å². The van der Waals surface area contributed by atoms with Crippen molar-refractivity contribution >= 4 is 5.91 Å². The SMILES string of the molecule is CC(C)[C@H](N)c1nc(C(=O)NC2CC2)no1. The molecule has 6 nitrogen and oxygen atoms in total. The minimum atomic E-state index is -0.324. The molecule has 1 aliphatic carbocycles. The molecular formula is C10H16N4O2. The van der Waals surface area contributed by atoms with Crippen LogP contribution in [-0.4, -0.2) is 22.1 Å². The highest BCUT2D eigenvalue weighted by Crippen LogP contribution is 2.20. The van der Waals surface area contributed by atoms with Gasteiger partial charge in [-0.3, -0.25) is 4.79 Å². The fourth-order valence-corrected chi connectivity index (χ4v) is 1.23. The van der Waals surface area contributed by atoms with Crippen molar-refractivity contribution in [2.45, 2.75) is 38.8 Å². The first-order chi connectivity index (χ1) is 7.58. The molecule has 0 saturated heterocycles. The quantitative estimate of drug-likeness (QED) is 0.781. The van der Waals surface area contributed by atoms with Crippen LogP contribution in [0, 0.1) is 5.92 Å². The summed E-state index contributed by atoms with van der Waals surface area (Å²) < 4.78 is 4.96. The maximum atomic E-state index is 11.6. The van der Waals surface area contributed by atoms with Crippen molar-refractivity contribution in [3.63, 3.8) is 0 Å². The summed E-state index contributed by atoms with van der Waals surface area (Å²) in [7, 11) is 0. The first kappa shape index (κ1) is 11.1. The average Bonchev–Trinajstić information content (AvgIpc) is 2.92. The Bertz CT molecular complexity index is 384. The highest BCUT2D eigenvalue weighted by molar-refractivity contribution is 5.90. The van der Waals surface area contributed by atoms with Gasteiger partial charge in [0.15, 0.2) is 0 Å². The summed E-state index contributed by atoms with van der Waals surface area (Å²) in [5.41, 5.74) is 5.84. The molecule has 1 saturated carbocycles. The number of rotatable bonds is 4. The average molecular weight is 224 g/mol. The smallest absolute Gasteiger partial charge is 0.292 e. The summed E-state index contributed by atoms with van der Waals surface area (Å²) in [6.07, 6.45) is 2.06. The molecule has 0 aliphatic heterocycles. The van der Waals surface area contributed by atoms with E-state index in [0.29, 0.717) is 5.89 Å². The Hall–Kier alpha value is -1.43. The monoisotopic (exact) mass is 224 g/mol. The standard InChI is InChI=1S/C10H16N4O2/c1-5(2)7(11)10-13-8(14-16-10)9(15)12-6-3-4-6/h5-7H,3-4,11H2,1-2H3,(H,12,15)/t7-/m0/s1. The Morgan fingerprint density at radius 1 is 1.56 bits per heavy atom. The van der Waals surface area contributed by atoms with Gasteiger partial charge in [0.1, 0.15) is 0 Å². The first-order valence-electron chi connectivity index (χ1n) is 5.48. The van der Waals surface area contributed by atoms with E-state index in [1.54, 1.807) is 0 Å². The Morgan fingerprint density at radius 2 is 2.25 bits per heavy atom. The van der Waals surface area contributed by atoms with Crippen LogP contribution in [0.25, 0.3) is 0 Å². The van der Waals surface area contributed by atoms with Crippen molar-refractivity contribution in [1.29, 1.82) is 0 Å². The van der Waals surface area contributed by atoms with Crippen LogP contribution in [0.2, 0.25) is 0 Å². The van der Waals surface area contributed by atoms with Crippen LogP contribution >= 0.6 is 0 Å². The molecule has 6 heteroatoms. The zero-order valence-electron chi connectivity index (χ0n) is 9.43. The second kappa shape index (κ2) is 4.21. The summed E-state index contributed by atoms with van der Waals surface area (Å²) >= 11 is 0. The van der Waals surface area contributed by atoms with E-state index >= 15 is 0 Å². The largest absolute Gasteiger partial charge is 0.346 e. The number of carbonyl (C=O) groups is 1. The number of amides is 1. The Morgan fingerprint density at radius 3 is 2.81 bits per heavy atom. The van der Waals surface area contributed by atoms with Crippen LogP contribution in [0.15, 0.2) is 4.52 Å². The van der Waals surface area contributed by atoms with Gasteiger partial charge in [0.25, 0.3) is 11.7 Å². The van der Waals surface area contributed by atoms with Gasteiger partial charge in [0.05, 0.1) is 6.04 Å². The minimum Gasteiger partial charge on any atom is -0.346 e. The molecule has 1 atom stereocenters. The molecular weight excluding hydrogens is 208 g/mol. The summed E-state index contributed by atoms with van der Waals surface area (Å²) in [5.74, 6) is 0.294. The predicted molar refractivity (Wildman–Crippen MR) is 56.6 cm³/mol. The van der Waals surface area contributed by atoms with Gasteiger partial charge >= 0.3 is 0 Å². The van der Waals surface area contributed by atoms with E-state index in [2.05, 4.69) is 15.5 Å². The molecule has 16 heavy (non-hydrogen) atoms. The molecule has 0 radical (unpaired) electrons. The Kier molecular flexibility index (Phi) is 2.91. The summed E-state index contributed by atoms with van der Waals surface area (Å²) in [5, 5.41) is 6.41. The Labute approximate surface area is 93.6 Å². The van der Waals surface area contributed by atoms with Gasteiger partial charge in [-0.1, -0.05) is 19.0 Å². The van der Waals surface area contributed by atoms with Gasteiger partial charge < -0.3 is 15.6 Å². The summed E-state index contributed by atoms with van der Waals surface area (Å²) in [6.45, 7) is 3.91. The fourth-order valence-electron chi connectivity index (χ4n) is 1.23. The second-order valence-electron chi connectivity index (χ2n) is 4.47. The molecule has 1 amide bonds. The van der Waals surface area contributed by atoms with E-state index in [1.807, 2.05) is 13.8 Å². The predicted octanol–water partition coefficient (Wildman–Crippen LogP) is 0.618. The molecule has 0 aromatic carbocycles. The van der Waals surface area contributed by atoms with Crippen molar-refractivity contribution in [2.24, 2.45) is 11.7 Å². The number of aromatic nitrogens is 2. The number of hydrogen-bond donors (Lipinski definition) is 2. The molecule has 1 aliphatic rings. The van der Waals surface area contributed by atoms with Crippen molar-refractivity contribution < 1.29 is 9.32 Å². The fraction of sp³-hybridized carbons (Fsp3) is 0.700. The molecule has 1 fully saturated rings. The van der Waals surface area contributed by atoms with Gasteiger partial charge in [-0.25, -0.2) is 0 Å². The minimum absolute atomic E-state index is 0.0676. The van der Waals surface area contributed by atoms with Crippen LogP contribution < -0.4 is 11.1 Å². The highest BCUT2D eigenvalue weighted by atomic mass is 16.5. The maximum absolute atomic E-state index is 11.6. The lowest BCUT2D eigenvalue weighted by Gasteiger charge is -2.09. The second-order valence-corrected chi connectivity index (χ2v) is 4.47. The zero-order valence-corrected chi connectivity index (χ0v) is 9.43. The van der Waals surface area contributed by atoms with Crippen molar-refractivity contribution in [3.8, 4) is 0 Å². The molecule has 0 unspecified atom stereocenters. The van der Waals surface area contributed by atoms with Gasteiger partial charge in [-0.15, -0.1) is 0 Å². The van der Waals surface area contributed by atoms with E-state index in [0.717, 1.165) is 12.8 Å². The van der Waals surface area contributed by atoms with E-state index < -0.39 is 0 Å². The zero-order chi connectivity index (χ0) is 11.7. The number of hydrogen-bond acceptors (Lipinski definition) is 5. The summed E-state index contributed by atoms with van der Waals surface area (Å²) in [4.78, 5) is 15.6. The molecule has 0 bridgehead atoms. The van der Waals surface area contributed by atoms with Crippen LogP contribution in [0.3, 0.4) is 0 Å². The van der Waals surface area contributed by atoms with Crippen molar-refractivity contribution in [1.82, 2.24) is 15.5 Å². The number of nitrogens with zero attached hydrogens (tertiary/aromatic N) is 2. The highest BCUT2D eigenvalue weighted by Gasteiger charge is 2.27. The van der Waals surface area contributed by atoms with Crippen molar-refractivity contribution in [3.05, 3.63) is 11.7 Å².